The van der Waals surface area contributed by atoms with Gasteiger partial charge in [-0.3, -0.25) is 9.69 Å². The van der Waals surface area contributed by atoms with E-state index in [9.17, 15) is 0 Å². The number of hydrogen-bond donors (Lipinski definition) is 2. The van der Waals surface area contributed by atoms with Crippen LogP contribution in [0.15, 0.2) is 0 Å². The van der Waals surface area contributed by atoms with Crippen LogP contribution in [0.25, 0.3) is 0 Å². The highest BCUT2D eigenvalue weighted by molar-refractivity contribution is 5.62. The summed E-state index contributed by atoms with van der Waals surface area (Å²) >= 11 is 0. The predicted molar refractivity (Wildman–Crippen MR) is 50.8 cm³/mol. The van der Waals surface area contributed by atoms with Crippen LogP contribution in [-0.4, -0.2) is 48.2 Å². The third-order valence-electron chi connectivity index (χ3n) is 2.21. The number of rotatable bonds is 1. The lowest BCUT2D eigenvalue weighted by atomic mass is 10.3. The summed E-state index contributed by atoms with van der Waals surface area (Å²) in [7, 11) is 0. The van der Waals surface area contributed by atoms with Gasteiger partial charge in [0.05, 0.1) is 0 Å². The van der Waals surface area contributed by atoms with Gasteiger partial charge in [-0.1, -0.05) is 0 Å². The van der Waals surface area contributed by atoms with Crippen molar-refractivity contribution in [3.8, 4) is 0 Å². The van der Waals surface area contributed by atoms with E-state index in [4.69, 9.17) is 9.90 Å². The van der Waals surface area contributed by atoms with Crippen LogP contribution in [0.2, 0.25) is 0 Å². The molecule has 1 saturated heterocycles. The first-order valence-electron chi connectivity index (χ1n) is 4.84. The van der Waals surface area contributed by atoms with Crippen LogP contribution in [0.4, 0.5) is 0 Å². The first-order chi connectivity index (χ1) is 6.20. The topological polar surface area (TPSA) is 52.6 Å². The van der Waals surface area contributed by atoms with Crippen molar-refractivity contribution in [2.45, 2.75) is 25.8 Å². The smallest absolute Gasteiger partial charge is 0.300 e. The number of aliphatic carboxylic acids is 1. The summed E-state index contributed by atoms with van der Waals surface area (Å²) in [5.41, 5.74) is 0. The van der Waals surface area contributed by atoms with E-state index >= 15 is 0 Å². The van der Waals surface area contributed by atoms with E-state index in [0.29, 0.717) is 0 Å². The number of carboxylic acids is 1. The van der Waals surface area contributed by atoms with Crippen LogP contribution in [-0.2, 0) is 4.79 Å². The van der Waals surface area contributed by atoms with E-state index in [1.165, 1.54) is 39.0 Å². The second-order valence-corrected chi connectivity index (χ2v) is 3.54. The Kier molecular flexibility index (Phi) is 4.18. The highest BCUT2D eigenvalue weighted by atomic mass is 16.4. The van der Waals surface area contributed by atoms with Gasteiger partial charge >= 0.3 is 0 Å². The molecule has 13 heavy (non-hydrogen) atoms. The van der Waals surface area contributed by atoms with Crippen molar-refractivity contribution >= 4 is 5.97 Å². The number of carboxylic acid groups (broad SMARTS) is 1. The monoisotopic (exact) mass is 186 g/mol. The Morgan fingerprint density at radius 3 is 2.23 bits per heavy atom. The van der Waals surface area contributed by atoms with Crippen LogP contribution in [0, 0.1) is 0 Å². The standard InChI is InChI=1S/C7H14N2.C2H4O2/c1-2-7(1)9-5-3-8-4-6-9;1-2(3)4/h7-8H,1-6H2;1H3,(H,3,4). The van der Waals surface area contributed by atoms with Gasteiger partial charge in [0, 0.05) is 39.1 Å². The van der Waals surface area contributed by atoms with Crippen molar-refractivity contribution in [3.05, 3.63) is 0 Å². The van der Waals surface area contributed by atoms with Gasteiger partial charge in [-0.2, -0.15) is 0 Å². The Morgan fingerprint density at radius 1 is 1.38 bits per heavy atom. The average molecular weight is 186 g/mol. The summed E-state index contributed by atoms with van der Waals surface area (Å²) in [5.74, 6) is -0.833. The molecule has 0 aromatic rings. The van der Waals surface area contributed by atoms with Crippen LogP contribution in [0.3, 0.4) is 0 Å². The minimum atomic E-state index is -0.833. The zero-order valence-electron chi connectivity index (χ0n) is 8.12. The Bertz CT molecular complexity index is 159. The van der Waals surface area contributed by atoms with Gasteiger partial charge in [0.1, 0.15) is 0 Å². The van der Waals surface area contributed by atoms with Crippen molar-refractivity contribution in [1.82, 2.24) is 10.2 Å². The summed E-state index contributed by atoms with van der Waals surface area (Å²) in [6.45, 7) is 6.06. The molecule has 0 aromatic carbocycles. The van der Waals surface area contributed by atoms with Crippen molar-refractivity contribution in [2.75, 3.05) is 26.2 Å². The fourth-order valence-corrected chi connectivity index (χ4v) is 1.49. The minimum absolute atomic E-state index is 0.833. The molecule has 2 fully saturated rings. The largest absolute Gasteiger partial charge is 0.481 e. The Balaban J connectivity index is 0.000000184. The molecule has 2 rings (SSSR count). The van der Waals surface area contributed by atoms with Crippen molar-refractivity contribution in [3.63, 3.8) is 0 Å². The molecule has 0 atom stereocenters. The SMILES string of the molecule is C1CN(C2CC2)CCN1.CC(=O)O. The maximum atomic E-state index is 9.00. The molecule has 4 nitrogen and oxygen atoms in total. The molecule has 2 N–H and O–H groups in total. The second kappa shape index (κ2) is 5.19. The molecule has 76 valence electrons. The van der Waals surface area contributed by atoms with Gasteiger partial charge in [0.2, 0.25) is 0 Å². The van der Waals surface area contributed by atoms with Crippen LogP contribution < -0.4 is 5.32 Å². The van der Waals surface area contributed by atoms with Crippen LogP contribution >= 0.6 is 0 Å². The Morgan fingerprint density at radius 2 is 1.85 bits per heavy atom. The molecule has 1 heterocycles. The molecule has 0 aromatic heterocycles. The first-order valence-corrected chi connectivity index (χ1v) is 4.84. The van der Waals surface area contributed by atoms with Gasteiger partial charge in [-0.25, -0.2) is 0 Å². The zero-order chi connectivity index (χ0) is 9.68. The minimum Gasteiger partial charge on any atom is -0.481 e. The number of piperazine rings is 1. The highest BCUT2D eigenvalue weighted by Crippen LogP contribution is 2.26. The molecule has 1 saturated carbocycles. The summed E-state index contributed by atoms with van der Waals surface area (Å²) in [5, 5.41) is 10.8. The molecule has 0 unspecified atom stereocenters. The van der Waals surface area contributed by atoms with Crippen molar-refractivity contribution in [2.24, 2.45) is 0 Å². The van der Waals surface area contributed by atoms with E-state index in [-0.39, 0.29) is 0 Å². The van der Waals surface area contributed by atoms with Crippen LogP contribution in [0.1, 0.15) is 19.8 Å². The van der Waals surface area contributed by atoms with Gasteiger partial charge < -0.3 is 10.4 Å². The summed E-state index contributed by atoms with van der Waals surface area (Å²) in [6.07, 6.45) is 2.92. The Hall–Kier alpha value is -0.610. The molecule has 0 amide bonds. The molecule has 0 radical (unpaired) electrons. The fourth-order valence-electron chi connectivity index (χ4n) is 1.49. The van der Waals surface area contributed by atoms with Crippen molar-refractivity contribution < 1.29 is 9.90 Å². The average Bonchev–Trinajstić information content (AvgIpc) is 2.87. The van der Waals surface area contributed by atoms with Gasteiger partial charge in [-0.15, -0.1) is 0 Å². The van der Waals surface area contributed by atoms with Gasteiger partial charge in [0.15, 0.2) is 0 Å². The van der Waals surface area contributed by atoms with E-state index in [1.807, 2.05) is 0 Å². The molecular formula is C9H18N2O2. The van der Waals surface area contributed by atoms with E-state index in [2.05, 4.69) is 10.2 Å². The molecule has 0 bridgehead atoms. The maximum absolute atomic E-state index is 9.00. The van der Waals surface area contributed by atoms with E-state index in [0.717, 1.165) is 13.0 Å². The second-order valence-electron chi connectivity index (χ2n) is 3.54. The zero-order valence-corrected chi connectivity index (χ0v) is 8.12. The number of nitrogens with one attached hydrogen (secondary N) is 1. The summed E-state index contributed by atoms with van der Waals surface area (Å²) < 4.78 is 0. The summed E-state index contributed by atoms with van der Waals surface area (Å²) in [6, 6.07) is 0.979. The lowest BCUT2D eigenvalue weighted by Gasteiger charge is -2.26. The quantitative estimate of drug-likeness (QED) is 0.612. The molecule has 1 aliphatic heterocycles. The maximum Gasteiger partial charge on any atom is 0.300 e. The molecule has 0 spiro atoms. The number of carbonyl (C=O) groups is 1. The summed E-state index contributed by atoms with van der Waals surface area (Å²) in [4.78, 5) is 11.6. The Labute approximate surface area is 78.9 Å². The van der Waals surface area contributed by atoms with Crippen LogP contribution in [0.5, 0.6) is 0 Å². The molecule has 1 aliphatic carbocycles. The highest BCUT2D eigenvalue weighted by Gasteiger charge is 2.28. The molecule has 4 heteroatoms. The third-order valence-corrected chi connectivity index (χ3v) is 2.21. The number of hydrogen-bond acceptors (Lipinski definition) is 3. The first kappa shape index (κ1) is 10.5. The lowest BCUT2D eigenvalue weighted by Crippen LogP contribution is -2.44. The predicted octanol–water partition coefficient (Wildman–Crippen LogP) is 0.145. The van der Waals surface area contributed by atoms with Gasteiger partial charge in [-0.05, 0) is 12.8 Å². The number of nitrogens with zero attached hydrogens (tertiary/aromatic N) is 1. The van der Waals surface area contributed by atoms with Crippen molar-refractivity contribution in [1.29, 1.82) is 0 Å². The normalized spacial score (nSPS) is 23.2. The fraction of sp³-hybridized carbons (Fsp3) is 0.889. The molecule has 2 aliphatic rings. The lowest BCUT2D eigenvalue weighted by molar-refractivity contribution is -0.134. The molecular weight excluding hydrogens is 168 g/mol. The van der Waals surface area contributed by atoms with E-state index < -0.39 is 5.97 Å². The van der Waals surface area contributed by atoms with Gasteiger partial charge in [0.25, 0.3) is 5.97 Å². The van der Waals surface area contributed by atoms with E-state index in [1.54, 1.807) is 0 Å². The third kappa shape index (κ3) is 4.85.